The third-order valence-corrected chi connectivity index (χ3v) is 1.80. The van der Waals surface area contributed by atoms with E-state index in [1.54, 1.807) is 6.08 Å². The molecule has 2 nitrogen and oxygen atoms in total. The van der Waals surface area contributed by atoms with Gasteiger partial charge in [-0.3, -0.25) is 0 Å². The molecule has 0 saturated heterocycles. The summed E-state index contributed by atoms with van der Waals surface area (Å²) in [7, 11) is 0. The number of nitrogens with two attached hydrogens (primary N) is 1. The van der Waals surface area contributed by atoms with Crippen molar-refractivity contribution in [1.29, 1.82) is 0 Å². The maximum atomic E-state index is 13.5. The summed E-state index contributed by atoms with van der Waals surface area (Å²) in [5.74, 6) is -0.960. The number of rotatable bonds is 6. The van der Waals surface area contributed by atoms with E-state index in [0.717, 1.165) is 6.08 Å². The molecule has 0 aromatic heterocycles. The Kier molecular flexibility index (Phi) is 6.92. The fraction of sp³-hybridized carbons (Fsp3) is 0.333. The van der Waals surface area contributed by atoms with Gasteiger partial charge in [-0.05, 0) is 13.3 Å². The number of hydrogen-bond acceptors (Lipinski definition) is 2. The van der Waals surface area contributed by atoms with E-state index in [0.29, 0.717) is 12.0 Å². The van der Waals surface area contributed by atoms with Crippen molar-refractivity contribution < 1.29 is 8.78 Å². The first-order valence-electron chi connectivity index (χ1n) is 5.07. The van der Waals surface area contributed by atoms with Gasteiger partial charge < -0.3 is 11.1 Å². The average Bonchev–Trinajstić information content (AvgIpc) is 2.23. The largest absolute Gasteiger partial charge is 0.386 e. The lowest BCUT2D eigenvalue weighted by atomic mass is 10.1. The molecule has 0 aliphatic carbocycles. The van der Waals surface area contributed by atoms with E-state index in [1.165, 1.54) is 13.0 Å². The molecule has 0 bridgehead atoms. The fourth-order valence-electron chi connectivity index (χ4n) is 1.01. The molecule has 16 heavy (non-hydrogen) atoms. The lowest BCUT2D eigenvalue weighted by molar-refractivity contribution is 0.612. The molecular formula is C12H18F2N2. The summed E-state index contributed by atoms with van der Waals surface area (Å²) in [6.45, 7) is 7.01. The van der Waals surface area contributed by atoms with Gasteiger partial charge >= 0.3 is 0 Å². The van der Waals surface area contributed by atoms with E-state index in [9.17, 15) is 8.78 Å². The van der Waals surface area contributed by atoms with Crippen LogP contribution in [0, 0.1) is 0 Å². The van der Waals surface area contributed by atoms with Crippen LogP contribution in [0.3, 0.4) is 0 Å². The Bertz CT molecular complexity index is 328. The van der Waals surface area contributed by atoms with Crippen molar-refractivity contribution in [2.24, 2.45) is 5.73 Å². The Morgan fingerprint density at radius 2 is 2.06 bits per heavy atom. The molecule has 0 aromatic rings. The Morgan fingerprint density at radius 3 is 2.50 bits per heavy atom. The average molecular weight is 228 g/mol. The van der Waals surface area contributed by atoms with Crippen molar-refractivity contribution in [1.82, 2.24) is 5.32 Å². The molecule has 0 aliphatic heterocycles. The molecule has 0 radical (unpaired) electrons. The first-order valence-corrected chi connectivity index (χ1v) is 5.07. The Hall–Kier alpha value is -1.58. The SMILES string of the molecule is C=C(N)NCC(=C\CC)/C(F)=C\C(F)=C/C. The zero-order valence-electron chi connectivity index (χ0n) is 9.69. The Labute approximate surface area is 95.2 Å². The minimum atomic E-state index is -0.605. The van der Waals surface area contributed by atoms with Gasteiger partial charge in [0.25, 0.3) is 0 Å². The van der Waals surface area contributed by atoms with Crippen LogP contribution in [0.15, 0.2) is 47.9 Å². The number of nitrogens with one attached hydrogen (secondary N) is 1. The summed E-state index contributed by atoms with van der Waals surface area (Å²) in [6, 6.07) is 0. The Morgan fingerprint density at radius 1 is 1.44 bits per heavy atom. The monoisotopic (exact) mass is 228 g/mol. The van der Waals surface area contributed by atoms with Gasteiger partial charge in [0.1, 0.15) is 11.7 Å². The molecule has 0 fully saturated rings. The molecule has 0 aliphatic rings. The molecule has 3 N–H and O–H groups in total. The van der Waals surface area contributed by atoms with Crippen molar-refractivity contribution in [3.05, 3.63) is 47.9 Å². The highest BCUT2D eigenvalue weighted by molar-refractivity contribution is 5.31. The lowest BCUT2D eigenvalue weighted by Gasteiger charge is -2.07. The number of allylic oxidation sites excluding steroid dienone is 4. The van der Waals surface area contributed by atoms with Crippen LogP contribution in [-0.4, -0.2) is 6.54 Å². The van der Waals surface area contributed by atoms with Gasteiger partial charge in [0, 0.05) is 18.2 Å². The van der Waals surface area contributed by atoms with Crippen LogP contribution in [0.4, 0.5) is 8.78 Å². The Balaban J connectivity index is 4.72. The highest BCUT2D eigenvalue weighted by atomic mass is 19.1. The van der Waals surface area contributed by atoms with E-state index in [4.69, 9.17) is 5.73 Å². The van der Waals surface area contributed by atoms with Crippen LogP contribution in [0.1, 0.15) is 20.3 Å². The minimum Gasteiger partial charge on any atom is -0.386 e. The van der Waals surface area contributed by atoms with Crippen LogP contribution in [0.25, 0.3) is 0 Å². The first kappa shape index (κ1) is 14.4. The molecule has 0 saturated carbocycles. The highest BCUT2D eigenvalue weighted by Crippen LogP contribution is 2.15. The molecule has 4 heteroatoms. The molecule has 0 aromatic carbocycles. The normalized spacial score (nSPS) is 13.9. The maximum absolute atomic E-state index is 13.5. The van der Waals surface area contributed by atoms with Gasteiger partial charge in [-0.25, -0.2) is 8.78 Å². The fourth-order valence-corrected chi connectivity index (χ4v) is 1.01. The topological polar surface area (TPSA) is 38.0 Å². The molecule has 0 rings (SSSR count). The summed E-state index contributed by atoms with van der Waals surface area (Å²) in [5.41, 5.74) is 5.67. The van der Waals surface area contributed by atoms with Gasteiger partial charge in [-0.2, -0.15) is 0 Å². The van der Waals surface area contributed by atoms with Crippen LogP contribution in [-0.2, 0) is 0 Å². The quantitative estimate of drug-likeness (QED) is 0.686. The highest BCUT2D eigenvalue weighted by Gasteiger charge is 2.04. The van der Waals surface area contributed by atoms with Gasteiger partial charge in [-0.1, -0.05) is 25.7 Å². The summed E-state index contributed by atoms with van der Waals surface area (Å²) in [6.07, 6.45) is 4.37. The van der Waals surface area contributed by atoms with Crippen molar-refractivity contribution in [3.63, 3.8) is 0 Å². The van der Waals surface area contributed by atoms with E-state index in [1.807, 2.05) is 6.92 Å². The third kappa shape index (κ3) is 6.01. The van der Waals surface area contributed by atoms with Gasteiger partial charge in [-0.15, -0.1) is 0 Å². The van der Waals surface area contributed by atoms with E-state index < -0.39 is 11.7 Å². The van der Waals surface area contributed by atoms with Gasteiger partial charge in [0.2, 0.25) is 0 Å². The van der Waals surface area contributed by atoms with Crippen molar-refractivity contribution >= 4 is 0 Å². The van der Waals surface area contributed by atoms with Crippen molar-refractivity contribution in [3.8, 4) is 0 Å². The maximum Gasteiger partial charge on any atom is 0.130 e. The summed E-state index contributed by atoms with van der Waals surface area (Å²) >= 11 is 0. The van der Waals surface area contributed by atoms with Crippen LogP contribution >= 0.6 is 0 Å². The zero-order chi connectivity index (χ0) is 12.6. The third-order valence-electron chi connectivity index (χ3n) is 1.80. The van der Waals surface area contributed by atoms with Crippen molar-refractivity contribution in [2.75, 3.05) is 6.54 Å². The lowest BCUT2D eigenvalue weighted by Crippen LogP contribution is -2.21. The summed E-state index contributed by atoms with van der Waals surface area (Å²) in [4.78, 5) is 0. The van der Waals surface area contributed by atoms with E-state index in [2.05, 4.69) is 11.9 Å². The molecule has 0 unspecified atom stereocenters. The van der Waals surface area contributed by atoms with E-state index in [-0.39, 0.29) is 12.4 Å². The van der Waals surface area contributed by atoms with Gasteiger partial charge in [0.15, 0.2) is 0 Å². The van der Waals surface area contributed by atoms with Crippen LogP contribution < -0.4 is 11.1 Å². The predicted molar refractivity (Wildman–Crippen MR) is 63.8 cm³/mol. The van der Waals surface area contributed by atoms with E-state index >= 15 is 0 Å². The minimum absolute atomic E-state index is 0.197. The molecule has 0 spiro atoms. The van der Waals surface area contributed by atoms with Crippen molar-refractivity contribution in [2.45, 2.75) is 20.3 Å². The van der Waals surface area contributed by atoms with Gasteiger partial charge in [0.05, 0.1) is 5.82 Å². The number of halogens is 2. The second kappa shape index (κ2) is 7.68. The molecule has 90 valence electrons. The molecule has 0 atom stereocenters. The number of hydrogen-bond donors (Lipinski definition) is 2. The predicted octanol–water partition coefficient (Wildman–Crippen LogP) is 3.07. The van der Waals surface area contributed by atoms with Crippen LogP contribution in [0.5, 0.6) is 0 Å². The molecule has 0 amide bonds. The van der Waals surface area contributed by atoms with Crippen LogP contribution in [0.2, 0.25) is 0 Å². The standard InChI is InChI=1S/C12H18F2N2/c1-4-6-10(8-16-9(3)15)12(14)7-11(13)5-2/h5-7,16H,3-4,8,15H2,1-2H3/b10-6+,11-5+,12-7+. The summed E-state index contributed by atoms with van der Waals surface area (Å²) in [5, 5.41) is 2.69. The molecule has 0 heterocycles. The second-order valence-electron chi connectivity index (χ2n) is 3.18. The first-order chi connectivity index (χ1) is 7.51. The summed E-state index contributed by atoms with van der Waals surface area (Å²) < 4.78 is 26.4. The zero-order valence-corrected chi connectivity index (χ0v) is 9.69. The second-order valence-corrected chi connectivity index (χ2v) is 3.18. The smallest absolute Gasteiger partial charge is 0.130 e. The molecular weight excluding hydrogens is 210 g/mol.